The van der Waals surface area contributed by atoms with Crippen molar-refractivity contribution in [1.82, 2.24) is 9.88 Å². The van der Waals surface area contributed by atoms with Crippen molar-refractivity contribution in [3.05, 3.63) is 53.2 Å². The number of aromatic nitrogens is 1. The Morgan fingerprint density at radius 3 is 2.84 bits per heavy atom. The first-order valence-corrected chi connectivity index (χ1v) is 8.87. The summed E-state index contributed by atoms with van der Waals surface area (Å²) < 4.78 is 5.73. The third-order valence-corrected chi connectivity index (χ3v) is 4.50. The zero-order chi connectivity index (χ0) is 17.6. The molecule has 5 nitrogen and oxygen atoms in total. The Morgan fingerprint density at radius 2 is 2.08 bits per heavy atom. The standard InChI is InChI=1S/C19H22ClN3O2/c1-22(12-13-25-16-7-4-6-15(20)14-16)18-17(8-5-9-21-18)19(24)23-10-2-3-11-23/h4-9,14H,2-3,10-13H2,1H3. The van der Waals surface area contributed by atoms with Crippen LogP contribution in [0.2, 0.25) is 5.02 Å². The van der Waals surface area contributed by atoms with Crippen LogP contribution in [-0.4, -0.2) is 49.1 Å². The molecule has 2 heterocycles. The van der Waals surface area contributed by atoms with E-state index in [2.05, 4.69) is 4.98 Å². The second kappa shape index (κ2) is 8.21. The molecule has 0 unspecified atom stereocenters. The van der Waals surface area contributed by atoms with E-state index in [1.165, 1.54) is 0 Å². The average Bonchev–Trinajstić information content (AvgIpc) is 3.16. The topological polar surface area (TPSA) is 45.7 Å². The van der Waals surface area contributed by atoms with E-state index in [0.717, 1.165) is 31.7 Å². The molecule has 0 bridgehead atoms. The summed E-state index contributed by atoms with van der Waals surface area (Å²) in [5, 5.41) is 0.647. The largest absolute Gasteiger partial charge is 0.492 e. The Bertz CT molecular complexity index is 732. The molecule has 0 aliphatic carbocycles. The summed E-state index contributed by atoms with van der Waals surface area (Å²) in [5.41, 5.74) is 0.648. The molecule has 0 saturated carbocycles. The number of likely N-dealkylation sites (tertiary alicyclic amines) is 1. The van der Waals surface area contributed by atoms with Gasteiger partial charge in [-0.1, -0.05) is 17.7 Å². The fourth-order valence-corrected chi connectivity index (χ4v) is 3.10. The van der Waals surface area contributed by atoms with Crippen LogP contribution in [0.5, 0.6) is 5.75 Å². The van der Waals surface area contributed by atoms with Crippen LogP contribution in [0.4, 0.5) is 5.82 Å². The fraction of sp³-hybridized carbons (Fsp3) is 0.368. The smallest absolute Gasteiger partial charge is 0.257 e. The fourth-order valence-electron chi connectivity index (χ4n) is 2.92. The van der Waals surface area contributed by atoms with Gasteiger partial charge >= 0.3 is 0 Å². The third kappa shape index (κ3) is 4.42. The highest BCUT2D eigenvalue weighted by molar-refractivity contribution is 6.30. The predicted molar refractivity (Wildman–Crippen MR) is 99.6 cm³/mol. The summed E-state index contributed by atoms with van der Waals surface area (Å²) in [5.74, 6) is 1.48. The minimum Gasteiger partial charge on any atom is -0.492 e. The number of ether oxygens (including phenoxy) is 1. The van der Waals surface area contributed by atoms with Gasteiger partial charge in [-0.05, 0) is 43.2 Å². The van der Waals surface area contributed by atoms with Crippen molar-refractivity contribution in [2.24, 2.45) is 0 Å². The van der Waals surface area contributed by atoms with E-state index in [0.29, 0.717) is 29.6 Å². The van der Waals surface area contributed by atoms with Crippen LogP contribution in [0.1, 0.15) is 23.2 Å². The van der Waals surface area contributed by atoms with Gasteiger partial charge in [-0.25, -0.2) is 4.98 Å². The lowest BCUT2D eigenvalue weighted by Crippen LogP contribution is -2.31. The highest BCUT2D eigenvalue weighted by Crippen LogP contribution is 2.21. The van der Waals surface area contributed by atoms with Crippen LogP contribution in [0.3, 0.4) is 0 Å². The third-order valence-electron chi connectivity index (χ3n) is 4.26. The summed E-state index contributed by atoms with van der Waals surface area (Å²) in [6.45, 7) is 2.75. The number of benzene rings is 1. The monoisotopic (exact) mass is 359 g/mol. The first-order chi connectivity index (χ1) is 12.1. The van der Waals surface area contributed by atoms with Crippen molar-refractivity contribution in [2.75, 3.05) is 38.2 Å². The summed E-state index contributed by atoms with van der Waals surface area (Å²) >= 11 is 5.96. The van der Waals surface area contributed by atoms with E-state index in [1.807, 2.05) is 47.2 Å². The van der Waals surface area contributed by atoms with Gasteiger partial charge in [0.05, 0.1) is 12.1 Å². The lowest BCUT2D eigenvalue weighted by molar-refractivity contribution is 0.0793. The zero-order valence-electron chi connectivity index (χ0n) is 14.3. The highest BCUT2D eigenvalue weighted by atomic mass is 35.5. The van der Waals surface area contributed by atoms with Crippen LogP contribution in [0, 0.1) is 0 Å². The number of nitrogens with zero attached hydrogens (tertiary/aromatic N) is 3. The van der Waals surface area contributed by atoms with E-state index in [-0.39, 0.29) is 5.91 Å². The van der Waals surface area contributed by atoms with Gasteiger partial charge in [0.25, 0.3) is 5.91 Å². The maximum atomic E-state index is 12.7. The number of carbonyl (C=O) groups is 1. The lowest BCUT2D eigenvalue weighted by atomic mass is 10.2. The molecule has 1 fully saturated rings. The average molecular weight is 360 g/mol. The lowest BCUT2D eigenvalue weighted by Gasteiger charge is -2.23. The van der Waals surface area contributed by atoms with Crippen molar-refractivity contribution in [3.8, 4) is 5.75 Å². The van der Waals surface area contributed by atoms with Gasteiger partial charge in [0.15, 0.2) is 0 Å². The number of likely N-dealkylation sites (N-methyl/N-ethyl adjacent to an activating group) is 1. The van der Waals surface area contributed by atoms with Crippen molar-refractivity contribution in [2.45, 2.75) is 12.8 Å². The maximum absolute atomic E-state index is 12.7. The molecule has 3 rings (SSSR count). The van der Waals surface area contributed by atoms with E-state index in [4.69, 9.17) is 16.3 Å². The number of hydrogen-bond donors (Lipinski definition) is 0. The minimum absolute atomic E-state index is 0.0585. The SMILES string of the molecule is CN(CCOc1cccc(Cl)c1)c1ncccc1C(=O)N1CCCC1. The number of rotatable bonds is 6. The number of hydrogen-bond acceptors (Lipinski definition) is 4. The van der Waals surface area contributed by atoms with Gasteiger partial charge in [0, 0.05) is 31.4 Å². The molecular weight excluding hydrogens is 338 g/mol. The van der Waals surface area contributed by atoms with E-state index < -0.39 is 0 Å². The molecule has 1 aromatic carbocycles. The first-order valence-electron chi connectivity index (χ1n) is 8.49. The molecule has 1 aliphatic heterocycles. The zero-order valence-corrected chi connectivity index (χ0v) is 15.1. The van der Waals surface area contributed by atoms with Gasteiger partial charge in [-0.2, -0.15) is 0 Å². The quantitative estimate of drug-likeness (QED) is 0.792. The molecule has 0 spiro atoms. The normalized spacial score (nSPS) is 13.8. The van der Waals surface area contributed by atoms with Gasteiger partial charge < -0.3 is 14.5 Å². The molecule has 25 heavy (non-hydrogen) atoms. The van der Waals surface area contributed by atoms with Crippen molar-refractivity contribution < 1.29 is 9.53 Å². The van der Waals surface area contributed by atoms with Crippen molar-refractivity contribution in [3.63, 3.8) is 0 Å². The number of pyridine rings is 1. The van der Waals surface area contributed by atoms with Crippen LogP contribution in [-0.2, 0) is 0 Å². The number of amides is 1. The summed E-state index contributed by atoms with van der Waals surface area (Å²) in [4.78, 5) is 21.0. The van der Waals surface area contributed by atoms with Gasteiger partial charge in [-0.15, -0.1) is 0 Å². The highest BCUT2D eigenvalue weighted by Gasteiger charge is 2.23. The van der Waals surface area contributed by atoms with E-state index in [9.17, 15) is 4.79 Å². The first kappa shape index (κ1) is 17.5. The Hall–Kier alpha value is -2.27. The van der Waals surface area contributed by atoms with E-state index in [1.54, 1.807) is 12.3 Å². The molecule has 1 aliphatic rings. The number of halogens is 1. The Balaban J connectivity index is 1.63. The minimum atomic E-state index is 0.0585. The van der Waals surface area contributed by atoms with Crippen LogP contribution >= 0.6 is 11.6 Å². The predicted octanol–water partition coefficient (Wildman–Crippen LogP) is 3.49. The van der Waals surface area contributed by atoms with Crippen molar-refractivity contribution in [1.29, 1.82) is 0 Å². The summed E-state index contributed by atoms with van der Waals surface area (Å²) in [6.07, 6.45) is 3.86. The van der Waals surface area contributed by atoms with Gasteiger partial charge in [-0.3, -0.25) is 4.79 Å². The van der Waals surface area contributed by atoms with Crippen molar-refractivity contribution >= 4 is 23.3 Å². The second-order valence-electron chi connectivity index (χ2n) is 6.10. The molecule has 6 heteroatoms. The van der Waals surface area contributed by atoms with Crippen LogP contribution < -0.4 is 9.64 Å². The molecule has 0 atom stereocenters. The number of anilines is 1. The Kier molecular flexibility index (Phi) is 5.76. The van der Waals surface area contributed by atoms with Gasteiger partial charge in [0.1, 0.15) is 18.2 Å². The summed E-state index contributed by atoms with van der Waals surface area (Å²) in [6, 6.07) is 11.0. The van der Waals surface area contributed by atoms with E-state index >= 15 is 0 Å². The number of carbonyl (C=O) groups excluding carboxylic acids is 1. The molecule has 1 amide bonds. The summed E-state index contributed by atoms with van der Waals surface area (Å²) in [7, 11) is 1.92. The molecule has 0 N–H and O–H groups in total. The van der Waals surface area contributed by atoms with Crippen LogP contribution in [0.15, 0.2) is 42.6 Å². The Labute approximate surface area is 153 Å². The molecule has 132 valence electrons. The molecular formula is C19H22ClN3O2. The van der Waals surface area contributed by atoms with Crippen LogP contribution in [0.25, 0.3) is 0 Å². The molecule has 2 aromatic rings. The molecule has 1 aromatic heterocycles. The molecule has 1 saturated heterocycles. The van der Waals surface area contributed by atoms with Gasteiger partial charge in [0.2, 0.25) is 0 Å². The second-order valence-corrected chi connectivity index (χ2v) is 6.54. The Morgan fingerprint density at radius 1 is 1.28 bits per heavy atom. The molecule has 0 radical (unpaired) electrons. The maximum Gasteiger partial charge on any atom is 0.257 e.